The molecule has 76 valence electrons. The first-order valence-electron chi connectivity index (χ1n) is 4.69. The quantitative estimate of drug-likeness (QED) is 0.774. The first-order valence-corrected chi connectivity index (χ1v) is 5.48. The van der Waals surface area contributed by atoms with Crippen LogP contribution >= 0.6 is 15.9 Å². The molecule has 0 aliphatic carbocycles. The fourth-order valence-corrected chi connectivity index (χ4v) is 1.66. The zero-order valence-corrected chi connectivity index (χ0v) is 10.0. The van der Waals surface area contributed by atoms with Crippen molar-refractivity contribution < 1.29 is 4.74 Å². The molecule has 1 aromatic rings. The van der Waals surface area contributed by atoms with Gasteiger partial charge in [0.25, 0.3) is 0 Å². The molecule has 0 saturated carbocycles. The van der Waals surface area contributed by atoms with E-state index >= 15 is 0 Å². The molecule has 0 fully saturated rings. The van der Waals surface area contributed by atoms with E-state index in [1.807, 2.05) is 18.2 Å². The molecule has 0 spiro atoms. The largest absolute Gasteiger partial charge is 0.496 e. The first-order chi connectivity index (χ1) is 6.74. The van der Waals surface area contributed by atoms with E-state index < -0.39 is 0 Å². The fourth-order valence-electron chi connectivity index (χ4n) is 1.38. The van der Waals surface area contributed by atoms with Gasteiger partial charge in [0.2, 0.25) is 0 Å². The number of rotatable bonds is 5. The molecule has 0 aliphatic rings. The summed E-state index contributed by atoms with van der Waals surface area (Å²) in [6, 6.07) is 8.14. The highest BCUT2D eigenvalue weighted by Crippen LogP contribution is 2.20. The number of halogens is 1. The Balaban J connectivity index is 2.53. The van der Waals surface area contributed by atoms with Crippen LogP contribution in [0.5, 0.6) is 5.75 Å². The van der Waals surface area contributed by atoms with Crippen LogP contribution in [-0.2, 0) is 6.42 Å². The van der Waals surface area contributed by atoms with E-state index in [0.717, 1.165) is 29.5 Å². The van der Waals surface area contributed by atoms with Crippen LogP contribution in [0.25, 0.3) is 0 Å². The standard InChI is InChI=1S/C12H15BrO/c1-10(13)6-5-8-11-7-3-4-9-12(11)14-2/h3-4,7,9H,1,5-6,8H2,2H3. The fraction of sp³-hybridized carbons (Fsp3) is 0.333. The molecular formula is C12H15BrO. The molecule has 0 radical (unpaired) electrons. The predicted octanol–water partition coefficient (Wildman–Crippen LogP) is 3.93. The molecule has 0 aromatic heterocycles. The van der Waals surface area contributed by atoms with Crippen LogP contribution in [-0.4, -0.2) is 7.11 Å². The van der Waals surface area contributed by atoms with Crippen molar-refractivity contribution in [3.05, 3.63) is 40.9 Å². The molecule has 0 aliphatic heterocycles. The Labute approximate surface area is 93.9 Å². The molecule has 0 unspecified atom stereocenters. The van der Waals surface area contributed by atoms with Gasteiger partial charge >= 0.3 is 0 Å². The van der Waals surface area contributed by atoms with Crippen molar-refractivity contribution in [3.8, 4) is 5.75 Å². The van der Waals surface area contributed by atoms with Crippen LogP contribution < -0.4 is 4.74 Å². The second-order valence-electron chi connectivity index (χ2n) is 3.18. The van der Waals surface area contributed by atoms with Gasteiger partial charge in [-0.05, 0) is 35.4 Å². The Morgan fingerprint density at radius 3 is 2.79 bits per heavy atom. The number of hydrogen-bond acceptors (Lipinski definition) is 1. The third-order valence-electron chi connectivity index (χ3n) is 2.09. The summed E-state index contributed by atoms with van der Waals surface area (Å²) in [5, 5.41) is 0. The predicted molar refractivity (Wildman–Crippen MR) is 64.0 cm³/mol. The van der Waals surface area contributed by atoms with Gasteiger partial charge < -0.3 is 4.74 Å². The van der Waals surface area contributed by atoms with Gasteiger partial charge in [0, 0.05) is 0 Å². The molecule has 0 heterocycles. The van der Waals surface area contributed by atoms with Gasteiger partial charge in [-0.25, -0.2) is 0 Å². The van der Waals surface area contributed by atoms with E-state index in [2.05, 4.69) is 28.6 Å². The third-order valence-corrected chi connectivity index (χ3v) is 2.48. The second-order valence-corrected chi connectivity index (χ2v) is 4.30. The second kappa shape index (κ2) is 5.86. The zero-order valence-electron chi connectivity index (χ0n) is 8.42. The van der Waals surface area contributed by atoms with E-state index in [1.54, 1.807) is 7.11 Å². The van der Waals surface area contributed by atoms with E-state index in [-0.39, 0.29) is 0 Å². The lowest BCUT2D eigenvalue weighted by molar-refractivity contribution is 0.409. The summed E-state index contributed by atoms with van der Waals surface area (Å²) in [5.41, 5.74) is 1.27. The Kier molecular flexibility index (Phi) is 4.74. The minimum absolute atomic E-state index is 0.979. The maximum absolute atomic E-state index is 5.27. The molecular weight excluding hydrogens is 240 g/mol. The molecule has 0 N–H and O–H groups in total. The number of hydrogen-bond donors (Lipinski definition) is 0. The van der Waals surface area contributed by atoms with Crippen molar-refractivity contribution in [2.24, 2.45) is 0 Å². The van der Waals surface area contributed by atoms with Crippen molar-refractivity contribution in [1.82, 2.24) is 0 Å². The minimum atomic E-state index is 0.979. The van der Waals surface area contributed by atoms with E-state index in [0.29, 0.717) is 0 Å². The summed E-state index contributed by atoms with van der Waals surface area (Å²) in [6.45, 7) is 3.81. The van der Waals surface area contributed by atoms with Crippen LogP contribution in [0.3, 0.4) is 0 Å². The van der Waals surface area contributed by atoms with Crippen molar-refractivity contribution in [2.75, 3.05) is 7.11 Å². The molecule has 0 amide bonds. The molecule has 2 heteroatoms. The molecule has 0 atom stereocenters. The normalized spacial score (nSPS) is 9.86. The van der Waals surface area contributed by atoms with E-state index in [1.165, 1.54) is 5.56 Å². The number of allylic oxidation sites excluding steroid dienone is 1. The van der Waals surface area contributed by atoms with Crippen LogP contribution in [0.2, 0.25) is 0 Å². The molecule has 1 aromatic carbocycles. The highest BCUT2D eigenvalue weighted by atomic mass is 79.9. The highest BCUT2D eigenvalue weighted by molar-refractivity contribution is 9.11. The summed E-state index contributed by atoms with van der Waals surface area (Å²) in [5.74, 6) is 0.979. The summed E-state index contributed by atoms with van der Waals surface area (Å²) in [6.07, 6.45) is 3.15. The summed E-state index contributed by atoms with van der Waals surface area (Å²) < 4.78 is 6.33. The number of methoxy groups -OCH3 is 1. The number of para-hydroxylation sites is 1. The van der Waals surface area contributed by atoms with Crippen molar-refractivity contribution >= 4 is 15.9 Å². The Morgan fingerprint density at radius 1 is 1.43 bits per heavy atom. The van der Waals surface area contributed by atoms with Gasteiger partial charge in [0.15, 0.2) is 0 Å². The van der Waals surface area contributed by atoms with E-state index in [9.17, 15) is 0 Å². The Hall–Kier alpha value is -0.760. The van der Waals surface area contributed by atoms with Crippen molar-refractivity contribution in [1.29, 1.82) is 0 Å². The summed E-state index contributed by atoms with van der Waals surface area (Å²) in [7, 11) is 1.71. The topological polar surface area (TPSA) is 9.23 Å². The first kappa shape index (κ1) is 11.3. The van der Waals surface area contributed by atoms with Gasteiger partial charge in [-0.1, -0.05) is 40.7 Å². The SMILES string of the molecule is C=C(Br)CCCc1ccccc1OC. The molecule has 0 bridgehead atoms. The molecule has 1 rings (SSSR count). The highest BCUT2D eigenvalue weighted by Gasteiger charge is 2.00. The smallest absolute Gasteiger partial charge is 0.122 e. The Morgan fingerprint density at radius 2 is 2.14 bits per heavy atom. The molecule has 1 nitrogen and oxygen atoms in total. The van der Waals surface area contributed by atoms with Gasteiger partial charge in [0.05, 0.1) is 7.11 Å². The lowest BCUT2D eigenvalue weighted by atomic mass is 10.1. The van der Waals surface area contributed by atoms with Gasteiger partial charge in [0.1, 0.15) is 5.75 Å². The monoisotopic (exact) mass is 254 g/mol. The van der Waals surface area contributed by atoms with Gasteiger partial charge in [-0.2, -0.15) is 0 Å². The summed E-state index contributed by atoms with van der Waals surface area (Å²) in [4.78, 5) is 0. The number of benzene rings is 1. The lowest BCUT2D eigenvalue weighted by Gasteiger charge is -2.07. The Bertz CT molecular complexity index is 307. The van der Waals surface area contributed by atoms with Gasteiger partial charge in [-0.3, -0.25) is 0 Å². The minimum Gasteiger partial charge on any atom is -0.496 e. The molecule has 0 saturated heterocycles. The lowest BCUT2D eigenvalue weighted by Crippen LogP contribution is -1.91. The average Bonchev–Trinajstić information content (AvgIpc) is 2.18. The summed E-state index contributed by atoms with van der Waals surface area (Å²) >= 11 is 3.36. The van der Waals surface area contributed by atoms with Crippen molar-refractivity contribution in [2.45, 2.75) is 19.3 Å². The third kappa shape index (κ3) is 3.54. The van der Waals surface area contributed by atoms with Crippen LogP contribution in [0.1, 0.15) is 18.4 Å². The number of ether oxygens (including phenoxy) is 1. The van der Waals surface area contributed by atoms with Crippen LogP contribution in [0.4, 0.5) is 0 Å². The zero-order chi connectivity index (χ0) is 10.4. The van der Waals surface area contributed by atoms with E-state index in [4.69, 9.17) is 4.74 Å². The maximum Gasteiger partial charge on any atom is 0.122 e. The maximum atomic E-state index is 5.27. The molecule has 14 heavy (non-hydrogen) atoms. The number of aryl methyl sites for hydroxylation is 1. The van der Waals surface area contributed by atoms with Crippen molar-refractivity contribution in [3.63, 3.8) is 0 Å². The van der Waals surface area contributed by atoms with Crippen LogP contribution in [0, 0.1) is 0 Å². The average molecular weight is 255 g/mol. The van der Waals surface area contributed by atoms with Crippen LogP contribution in [0.15, 0.2) is 35.3 Å². The van der Waals surface area contributed by atoms with Gasteiger partial charge in [-0.15, -0.1) is 0 Å².